The maximum atomic E-state index is 13.6. The molecular formula is C20H20FN5O2S. The summed E-state index contributed by atoms with van der Waals surface area (Å²) in [6.45, 7) is 1.70. The predicted molar refractivity (Wildman–Crippen MR) is 106 cm³/mol. The molecule has 1 aliphatic rings. The molecule has 4 aromatic rings. The number of rotatable bonds is 4. The van der Waals surface area contributed by atoms with E-state index in [2.05, 4.69) is 20.2 Å². The average Bonchev–Trinajstić information content (AvgIpc) is 3.40. The first-order valence-corrected chi connectivity index (χ1v) is 11.2. The lowest BCUT2D eigenvalue weighted by Crippen LogP contribution is -2.16. The minimum Gasteiger partial charge on any atom is -0.345 e. The van der Waals surface area contributed by atoms with Crippen LogP contribution in [0, 0.1) is 18.7 Å². The smallest absolute Gasteiger partial charge is 0.179 e. The number of hydrogen-bond donors (Lipinski definition) is 1. The van der Waals surface area contributed by atoms with Crippen LogP contribution in [0.5, 0.6) is 0 Å². The summed E-state index contributed by atoms with van der Waals surface area (Å²) in [4.78, 5) is 7.51. The van der Waals surface area contributed by atoms with E-state index in [0.29, 0.717) is 17.6 Å². The highest BCUT2D eigenvalue weighted by molar-refractivity contribution is 7.91. The van der Waals surface area contributed by atoms with E-state index < -0.39 is 15.7 Å². The van der Waals surface area contributed by atoms with Gasteiger partial charge in [0.1, 0.15) is 11.6 Å². The van der Waals surface area contributed by atoms with Gasteiger partial charge in [0.2, 0.25) is 0 Å². The number of fused-ring (bicyclic) bond motifs is 3. The van der Waals surface area contributed by atoms with Crippen LogP contribution in [-0.4, -0.2) is 38.7 Å². The zero-order valence-electron chi connectivity index (χ0n) is 15.8. The third kappa shape index (κ3) is 3.09. The first-order valence-electron chi connectivity index (χ1n) is 9.58. The van der Waals surface area contributed by atoms with Gasteiger partial charge in [-0.25, -0.2) is 17.8 Å². The maximum absolute atomic E-state index is 13.6. The Kier molecular flexibility index (Phi) is 4.16. The molecule has 7 nitrogen and oxygen atoms in total. The van der Waals surface area contributed by atoms with Crippen LogP contribution in [0.1, 0.15) is 36.6 Å². The largest absolute Gasteiger partial charge is 0.345 e. The number of halogens is 1. The summed E-state index contributed by atoms with van der Waals surface area (Å²) in [6, 6.07) is 5.86. The summed E-state index contributed by atoms with van der Waals surface area (Å²) in [7, 11) is -3.56. The summed E-state index contributed by atoms with van der Waals surface area (Å²) in [5.74, 6) is 0.459. The van der Waals surface area contributed by atoms with E-state index in [4.69, 9.17) is 0 Å². The van der Waals surface area contributed by atoms with Crippen molar-refractivity contribution in [1.82, 2.24) is 24.6 Å². The lowest BCUT2D eigenvalue weighted by atomic mass is 10.1. The molecule has 1 saturated carbocycles. The Bertz CT molecular complexity index is 1330. The molecule has 0 aliphatic heterocycles. The standard InChI is InChI=1S/C20H20FN5O2S/c1-12-2-5-15(21)9-17(12)29(27,28)11-13-3-4-14(8-13)20-25-24-18-10-23-19-16(26(18)20)6-7-22-19/h2,5-7,9-10,13-14,22H,3-4,8,11H2,1H3/t13-,14+/m0/s1. The second kappa shape index (κ2) is 6.62. The first-order chi connectivity index (χ1) is 13.9. The van der Waals surface area contributed by atoms with Gasteiger partial charge in [-0.1, -0.05) is 6.07 Å². The average molecular weight is 413 g/mol. The number of aromatic nitrogens is 5. The van der Waals surface area contributed by atoms with Gasteiger partial charge in [0, 0.05) is 12.1 Å². The monoisotopic (exact) mass is 413 g/mol. The Morgan fingerprint density at radius 2 is 2.10 bits per heavy atom. The van der Waals surface area contributed by atoms with Crippen LogP contribution in [0.15, 0.2) is 41.6 Å². The van der Waals surface area contributed by atoms with Crippen molar-refractivity contribution in [3.05, 3.63) is 53.9 Å². The zero-order valence-corrected chi connectivity index (χ0v) is 16.7. The van der Waals surface area contributed by atoms with Crippen molar-refractivity contribution in [2.75, 3.05) is 5.75 Å². The molecular weight excluding hydrogens is 393 g/mol. The van der Waals surface area contributed by atoms with Crippen LogP contribution in [-0.2, 0) is 9.84 Å². The molecule has 0 amide bonds. The Balaban J connectivity index is 1.41. The van der Waals surface area contributed by atoms with Gasteiger partial charge in [-0.05, 0) is 55.9 Å². The van der Waals surface area contributed by atoms with E-state index >= 15 is 0 Å². The molecule has 9 heteroatoms. The number of H-pyrrole nitrogens is 1. The van der Waals surface area contributed by atoms with Gasteiger partial charge < -0.3 is 4.98 Å². The predicted octanol–water partition coefficient (Wildman–Crippen LogP) is 3.41. The van der Waals surface area contributed by atoms with Crippen molar-refractivity contribution in [3.8, 4) is 0 Å². The Morgan fingerprint density at radius 3 is 2.97 bits per heavy atom. The fraction of sp³-hybridized carbons (Fsp3) is 0.350. The summed E-state index contributed by atoms with van der Waals surface area (Å²) in [5.41, 5.74) is 2.93. The molecule has 150 valence electrons. The van der Waals surface area contributed by atoms with Gasteiger partial charge in [-0.3, -0.25) is 4.40 Å². The summed E-state index contributed by atoms with van der Waals surface area (Å²) in [5, 5.41) is 8.62. The Morgan fingerprint density at radius 1 is 1.24 bits per heavy atom. The molecule has 3 aromatic heterocycles. The van der Waals surface area contributed by atoms with E-state index in [-0.39, 0.29) is 22.5 Å². The van der Waals surface area contributed by atoms with Gasteiger partial charge >= 0.3 is 0 Å². The van der Waals surface area contributed by atoms with Crippen molar-refractivity contribution in [2.45, 2.75) is 37.0 Å². The molecule has 0 saturated heterocycles. The van der Waals surface area contributed by atoms with Crippen molar-refractivity contribution >= 4 is 26.6 Å². The van der Waals surface area contributed by atoms with Crippen LogP contribution >= 0.6 is 0 Å². The number of nitrogens with zero attached hydrogens (tertiary/aromatic N) is 4. The number of nitrogens with one attached hydrogen (secondary N) is 1. The van der Waals surface area contributed by atoms with Crippen LogP contribution in [0.4, 0.5) is 4.39 Å². The molecule has 3 heterocycles. The molecule has 0 spiro atoms. The van der Waals surface area contributed by atoms with Crippen LogP contribution in [0.3, 0.4) is 0 Å². The van der Waals surface area contributed by atoms with Crippen molar-refractivity contribution in [3.63, 3.8) is 0 Å². The minimum atomic E-state index is -3.56. The second-order valence-corrected chi connectivity index (χ2v) is 9.79. The zero-order chi connectivity index (χ0) is 20.2. The molecule has 29 heavy (non-hydrogen) atoms. The van der Waals surface area contributed by atoms with E-state index in [9.17, 15) is 12.8 Å². The minimum absolute atomic E-state index is 0.00331. The van der Waals surface area contributed by atoms with Crippen molar-refractivity contribution < 1.29 is 12.8 Å². The number of aromatic amines is 1. The van der Waals surface area contributed by atoms with Crippen molar-refractivity contribution in [1.29, 1.82) is 0 Å². The van der Waals surface area contributed by atoms with Crippen LogP contribution in [0.2, 0.25) is 0 Å². The SMILES string of the molecule is Cc1ccc(F)cc1S(=O)(=O)C[C@H]1CC[C@@H](c2nnc3cnc4[nH]ccc4n23)C1. The van der Waals surface area contributed by atoms with Gasteiger partial charge in [0.25, 0.3) is 0 Å². The summed E-state index contributed by atoms with van der Waals surface area (Å²) >= 11 is 0. The van der Waals surface area contributed by atoms with E-state index in [1.165, 1.54) is 12.1 Å². The molecule has 0 unspecified atom stereocenters. The fourth-order valence-corrected chi connectivity index (χ4v) is 6.39. The van der Waals surface area contributed by atoms with Crippen LogP contribution in [0.25, 0.3) is 16.8 Å². The van der Waals surface area contributed by atoms with Gasteiger partial charge in [-0.15, -0.1) is 10.2 Å². The molecule has 1 aliphatic carbocycles. The highest BCUT2D eigenvalue weighted by Gasteiger charge is 2.33. The first kappa shape index (κ1) is 18.2. The molecule has 0 bridgehead atoms. The van der Waals surface area contributed by atoms with Gasteiger partial charge in [0.15, 0.2) is 21.1 Å². The lowest BCUT2D eigenvalue weighted by Gasteiger charge is -2.13. The number of aryl methyl sites for hydroxylation is 1. The Labute approximate surface area is 166 Å². The molecule has 0 radical (unpaired) electrons. The van der Waals surface area contributed by atoms with Crippen LogP contribution < -0.4 is 0 Å². The number of benzene rings is 1. The number of sulfone groups is 1. The van der Waals surface area contributed by atoms with Gasteiger partial charge in [0.05, 0.1) is 22.4 Å². The lowest BCUT2D eigenvalue weighted by molar-refractivity contribution is 0.548. The van der Waals surface area contributed by atoms with E-state index in [1.54, 1.807) is 13.1 Å². The molecule has 1 aromatic carbocycles. The molecule has 1 N–H and O–H groups in total. The summed E-state index contributed by atoms with van der Waals surface area (Å²) in [6.07, 6.45) is 5.85. The van der Waals surface area contributed by atoms with E-state index in [0.717, 1.165) is 35.9 Å². The number of hydrogen-bond acceptors (Lipinski definition) is 5. The van der Waals surface area contributed by atoms with E-state index in [1.807, 2.05) is 16.7 Å². The third-order valence-electron chi connectivity index (χ3n) is 5.81. The highest BCUT2D eigenvalue weighted by atomic mass is 32.2. The second-order valence-electron chi connectivity index (χ2n) is 7.79. The molecule has 2 atom stereocenters. The topological polar surface area (TPSA) is 93.0 Å². The normalized spacial score (nSPS) is 20.1. The van der Waals surface area contributed by atoms with Gasteiger partial charge in [-0.2, -0.15) is 0 Å². The summed E-state index contributed by atoms with van der Waals surface area (Å²) < 4.78 is 41.4. The highest BCUT2D eigenvalue weighted by Crippen LogP contribution is 2.39. The fourth-order valence-electron chi connectivity index (χ4n) is 4.43. The molecule has 1 fully saturated rings. The third-order valence-corrected chi connectivity index (χ3v) is 7.83. The Hall–Kier alpha value is -2.81. The quantitative estimate of drug-likeness (QED) is 0.553. The maximum Gasteiger partial charge on any atom is 0.179 e. The van der Waals surface area contributed by atoms with Crippen molar-refractivity contribution in [2.24, 2.45) is 5.92 Å². The molecule has 5 rings (SSSR count).